The number of carbonyl (C=O) groups excluding carboxylic acids is 1. The lowest BCUT2D eigenvalue weighted by Crippen LogP contribution is -2.24. The monoisotopic (exact) mass is 363 g/mol. The molecule has 27 heavy (non-hydrogen) atoms. The maximum atomic E-state index is 11.3. The van der Waals surface area contributed by atoms with Crippen LogP contribution >= 0.6 is 0 Å². The van der Waals surface area contributed by atoms with Gasteiger partial charge in [0, 0.05) is 29.3 Å². The maximum absolute atomic E-state index is 11.3. The number of aromatic amines is 1. The molecule has 1 aliphatic heterocycles. The van der Waals surface area contributed by atoms with Crippen LogP contribution in [0.5, 0.6) is 0 Å². The van der Waals surface area contributed by atoms with Crippen molar-refractivity contribution in [1.29, 1.82) is 0 Å². The molecular formula is C21H25N5O. The van der Waals surface area contributed by atoms with Gasteiger partial charge in [-0.05, 0) is 62.4 Å². The second-order valence-electron chi connectivity index (χ2n) is 7.40. The second-order valence-corrected chi connectivity index (χ2v) is 7.40. The summed E-state index contributed by atoms with van der Waals surface area (Å²) in [6, 6.07) is 10.2. The number of hydrogen-bond acceptors (Lipinski definition) is 4. The van der Waals surface area contributed by atoms with E-state index >= 15 is 0 Å². The van der Waals surface area contributed by atoms with Crippen LogP contribution in [0.15, 0.2) is 42.9 Å². The van der Waals surface area contributed by atoms with E-state index in [0.29, 0.717) is 11.6 Å². The summed E-state index contributed by atoms with van der Waals surface area (Å²) in [6.07, 6.45) is 7.96. The minimum Gasteiger partial charge on any atom is -0.364 e. The van der Waals surface area contributed by atoms with Gasteiger partial charge in [0.25, 0.3) is 5.91 Å². The van der Waals surface area contributed by atoms with Crippen LogP contribution in [0.2, 0.25) is 0 Å². The Hall–Kier alpha value is -2.73. The fourth-order valence-electron chi connectivity index (χ4n) is 4.03. The molecule has 0 bridgehead atoms. The molecule has 0 spiro atoms. The molecule has 1 amide bonds. The SMILES string of the molecule is NC(=O)c1cc(C[C@H]2CCCN(Cc3c[nH]c4ccccc34)CC2)ncn1. The normalized spacial score (nSPS) is 18.4. The first kappa shape index (κ1) is 17.7. The van der Waals surface area contributed by atoms with Crippen molar-refractivity contribution in [3.63, 3.8) is 0 Å². The lowest BCUT2D eigenvalue weighted by molar-refractivity contribution is 0.0995. The van der Waals surface area contributed by atoms with E-state index in [2.05, 4.69) is 50.3 Å². The zero-order valence-corrected chi connectivity index (χ0v) is 15.4. The third-order valence-electron chi connectivity index (χ3n) is 5.48. The standard InChI is InChI=1S/C21H25N5O/c22-21(27)20-11-17(24-14-25-20)10-15-4-3-8-26(9-7-15)13-16-12-23-19-6-2-1-5-18(16)19/h1-2,5-6,11-12,14-15,23H,3-4,7-10,13H2,(H2,22,27)/t15-/m0/s1. The molecule has 3 heterocycles. The van der Waals surface area contributed by atoms with E-state index in [9.17, 15) is 4.79 Å². The quantitative estimate of drug-likeness (QED) is 0.729. The van der Waals surface area contributed by atoms with Gasteiger partial charge < -0.3 is 10.7 Å². The number of para-hydroxylation sites is 1. The Bertz CT molecular complexity index is 935. The molecule has 2 aromatic heterocycles. The molecule has 1 saturated heterocycles. The van der Waals surface area contributed by atoms with Gasteiger partial charge >= 0.3 is 0 Å². The highest BCUT2D eigenvalue weighted by molar-refractivity contribution is 5.90. The van der Waals surface area contributed by atoms with Crippen molar-refractivity contribution in [3.05, 3.63) is 59.8 Å². The molecule has 0 unspecified atom stereocenters. The molecule has 6 heteroatoms. The summed E-state index contributed by atoms with van der Waals surface area (Å²) in [5.41, 5.74) is 9.11. The molecule has 6 nitrogen and oxygen atoms in total. The number of H-pyrrole nitrogens is 1. The van der Waals surface area contributed by atoms with Crippen molar-refractivity contribution in [2.75, 3.05) is 13.1 Å². The summed E-state index contributed by atoms with van der Waals surface area (Å²) in [4.78, 5) is 25.5. The van der Waals surface area contributed by atoms with Gasteiger partial charge in [0.15, 0.2) is 0 Å². The van der Waals surface area contributed by atoms with Crippen LogP contribution in [-0.4, -0.2) is 38.8 Å². The number of nitrogens with one attached hydrogen (secondary N) is 1. The molecule has 0 aliphatic carbocycles. The highest BCUT2D eigenvalue weighted by Gasteiger charge is 2.19. The topological polar surface area (TPSA) is 87.9 Å². The zero-order valence-electron chi connectivity index (χ0n) is 15.4. The van der Waals surface area contributed by atoms with E-state index in [1.807, 2.05) is 0 Å². The van der Waals surface area contributed by atoms with Crippen molar-refractivity contribution in [1.82, 2.24) is 19.9 Å². The molecule has 0 saturated carbocycles. The van der Waals surface area contributed by atoms with Crippen molar-refractivity contribution < 1.29 is 4.79 Å². The van der Waals surface area contributed by atoms with Crippen LogP contribution in [0.1, 0.15) is 41.0 Å². The molecular weight excluding hydrogens is 338 g/mol. The van der Waals surface area contributed by atoms with E-state index in [4.69, 9.17) is 5.73 Å². The number of nitrogens with zero attached hydrogens (tertiary/aromatic N) is 3. The number of primary amides is 1. The van der Waals surface area contributed by atoms with Crippen LogP contribution in [0.3, 0.4) is 0 Å². The van der Waals surface area contributed by atoms with Gasteiger partial charge in [-0.25, -0.2) is 9.97 Å². The molecule has 1 aliphatic rings. The lowest BCUT2D eigenvalue weighted by Gasteiger charge is -2.20. The maximum Gasteiger partial charge on any atom is 0.267 e. The Labute approximate surface area is 158 Å². The first-order valence-electron chi connectivity index (χ1n) is 9.57. The number of hydrogen-bond donors (Lipinski definition) is 2. The Morgan fingerprint density at radius 2 is 2.11 bits per heavy atom. The minimum atomic E-state index is -0.496. The number of aromatic nitrogens is 3. The average molecular weight is 363 g/mol. The number of amides is 1. The van der Waals surface area contributed by atoms with Crippen LogP contribution in [0.25, 0.3) is 10.9 Å². The third kappa shape index (κ3) is 4.17. The van der Waals surface area contributed by atoms with E-state index in [1.54, 1.807) is 6.07 Å². The number of nitrogens with two attached hydrogens (primary N) is 1. The average Bonchev–Trinajstić information content (AvgIpc) is 2.95. The summed E-state index contributed by atoms with van der Waals surface area (Å²) in [5.74, 6) is 0.0815. The molecule has 0 radical (unpaired) electrons. The summed E-state index contributed by atoms with van der Waals surface area (Å²) >= 11 is 0. The van der Waals surface area contributed by atoms with Gasteiger partial charge in [-0.2, -0.15) is 0 Å². The van der Waals surface area contributed by atoms with E-state index in [1.165, 1.54) is 35.6 Å². The van der Waals surface area contributed by atoms with Crippen LogP contribution < -0.4 is 5.73 Å². The van der Waals surface area contributed by atoms with E-state index in [0.717, 1.165) is 38.2 Å². The molecule has 3 aromatic rings. The zero-order chi connectivity index (χ0) is 18.6. The highest BCUT2D eigenvalue weighted by atomic mass is 16.1. The molecule has 140 valence electrons. The Morgan fingerprint density at radius 3 is 3.00 bits per heavy atom. The molecule has 1 atom stereocenters. The fourth-order valence-corrected chi connectivity index (χ4v) is 4.03. The molecule has 1 aromatic carbocycles. The summed E-state index contributed by atoms with van der Waals surface area (Å²) in [6.45, 7) is 3.18. The van der Waals surface area contributed by atoms with E-state index < -0.39 is 5.91 Å². The van der Waals surface area contributed by atoms with Gasteiger partial charge in [-0.1, -0.05) is 18.2 Å². The minimum absolute atomic E-state index is 0.301. The van der Waals surface area contributed by atoms with Crippen molar-refractivity contribution in [3.8, 4) is 0 Å². The highest BCUT2D eigenvalue weighted by Crippen LogP contribution is 2.24. The van der Waals surface area contributed by atoms with Gasteiger partial charge in [0.2, 0.25) is 0 Å². The summed E-state index contributed by atoms with van der Waals surface area (Å²) in [7, 11) is 0. The van der Waals surface area contributed by atoms with Crippen molar-refractivity contribution >= 4 is 16.8 Å². The molecule has 1 fully saturated rings. The lowest BCUT2D eigenvalue weighted by atomic mass is 9.95. The number of benzene rings is 1. The van der Waals surface area contributed by atoms with Crippen LogP contribution in [0.4, 0.5) is 0 Å². The Morgan fingerprint density at radius 1 is 1.22 bits per heavy atom. The van der Waals surface area contributed by atoms with Crippen molar-refractivity contribution in [2.45, 2.75) is 32.2 Å². The van der Waals surface area contributed by atoms with Crippen LogP contribution in [-0.2, 0) is 13.0 Å². The predicted octanol–water partition coefficient (Wildman–Crippen LogP) is 2.90. The van der Waals surface area contributed by atoms with Gasteiger partial charge in [-0.15, -0.1) is 0 Å². The third-order valence-corrected chi connectivity index (χ3v) is 5.48. The number of rotatable bonds is 5. The van der Waals surface area contributed by atoms with Gasteiger partial charge in [-0.3, -0.25) is 9.69 Å². The largest absolute Gasteiger partial charge is 0.364 e. The molecule has 3 N–H and O–H groups in total. The Balaban J connectivity index is 1.38. The summed E-state index contributed by atoms with van der Waals surface area (Å²) < 4.78 is 0. The summed E-state index contributed by atoms with van der Waals surface area (Å²) in [5, 5.41) is 1.32. The first-order valence-corrected chi connectivity index (χ1v) is 9.57. The number of carbonyl (C=O) groups is 1. The van der Waals surface area contributed by atoms with Gasteiger partial charge in [0.1, 0.15) is 12.0 Å². The first-order chi connectivity index (χ1) is 13.2. The Kier molecular flexibility index (Phi) is 5.16. The predicted molar refractivity (Wildman–Crippen MR) is 105 cm³/mol. The fraction of sp³-hybridized carbons (Fsp3) is 0.381. The number of fused-ring (bicyclic) bond motifs is 1. The van der Waals surface area contributed by atoms with Crippen molar-refractivity contribution in [2.24, 2.45) is 11.7 Å². The van der Waals surface area contributed by atoms with E-state index in [-0.39, 0.29) is 0 Å². The number of likely N-dealkylation sites (tertiary alicyclic amines) is 1. The second kappa shape index (κ2) is 7.88. The molecule has 4 rings (SSSR count). The van der Waals surface area contributed by atoms with Crippen LogP contribution in [0, 0.1) is 5.92 Å². The van der Waals surface area contributed by atoms with Gasteiger partial charge in [0.05, 0.1) is 0 Å². The smallest absolute Gasteiger partial charge is 0.267 e.